The number of imidazole rings is 1. The number of piperidine rings is 1. The number of hydrogen-bond donors (Lipinski definition) is 3. The van der Waals surface area contributed by atoms with Gasteiger partial charge in [0.2, 0.25) is 17.7 Å². The van der Waals surface area contributed by atoms with Gasteiger partial charge in [-0.05, 0) is 50.7 Å². The van der Waals surface area contributed by atoms with E-state index in [0.29, 0.717) is 19.3 Å². The van der Waals surface area contributed by atoms with Crippen LogP contribution in [0.3, 0.4) is 0 Å². The summed E-state index contributed by atoms with van der Waals surface area (Å²) in [5, 5.41) is 5.11. The highest BCUT2D eigenvalue weighted by Gasteiger charge is 2.46. The van der Waals surface area contributed by atoms with Crippen molar-refractivity contribution in [2.75, 3.05) is 6.54 Å². The molecule has 3 amide bonds. The highest BCUT2D eigenvalue weighted by Crippen LogP contribution is 2.32. The highest BCUT2D eigenvalue weighted by molar-refractivity contribution is 5.92. The Labute approximate surface area is 229 Å². The van der Waals surface area contributed by atoms with Crippen molar-refractivity contribution in [2.45, 2.75) is 83.6 Å². The zero-order chi connectivity index (χ0) is 29.6. The first-order chi connectivity index (χ1) is 18.8. The third-order valence-corrected chi connectivity index (χ3v) is 6.77. The minimum atomic E-state index is -4.61. The second-order valence-electron chi connectivity index (χ2n) is 10.4. The predicted molar refractivity (Wildman–Crippen MR) is 137 cm³/mol. The SMILES string of the molecule is CC(C)CCC(=O)NC(CC(=O)N1CCCC[C@@H]1C(F)(F)F)C(=O)NC(C)c1ncc(-c2ccc(F)cc2F)[nH]1. The summed E-state index contributed by atoms with van der Waals surface area (Å²) < 4.78 is 68.1. The molecule has 1 saturated heterocycles. The van der Waals surface area contributed by atoms with Gasteiger partial charge in [0.05, 0.1) is 24.4 Å². The van der Waals surface area contributed by atoms with E-state index in [4.69, 9.17) is 0 Å². The number of carbonyl (C=O) groups is 3. The molecule has 2 aromatic rings. The molecule has 3 atom stereocenters. The number of hydrogen-bond acceptors (Lipinski definition) is 4. The number of aromatic nitrogens is 2. The number of benzene rings is 1. The van der Waals surface area contributed by atoms with Gasteiger partial charge in [0.15, 0.2) is 0 Å². The van der Waals surface area contributed by atoms with Crippen LogP contribution in [0.1, 0.15) is 71.2 Å². The molecule has 2 heterocycles. The molecule has 0 aliphatic carbocycles. The van der Waals surface area contributed by atoms with Crippen LogP contribution < -0.4 is 10.6 Å². The fraction of sp³-hybridized carbons (Fsp3) is 0.556. The van der Waals surface area contributed by atoms with Crippen LogP contribution >= 0.6 is 0 Å². The molecular formula is C27H34F5N5O3. The zero-order valence-corrected chi connectivity index (χ0v) is 22.6. The van der Waals surface area contributed by atoms with Crippen LogP contribution in [0.25, 0.3) is 11.3 Å². The van der Waals surface area contributed by atoms with Crippen molar-refractivity contribution in [3.63, 3.8) is 0 Å². The Morgan fingerprint density at radius 3 is 2.50 bits per heavy atom. The van der Waals surface area contributed by atoms with E-state index in [1.54, 1.807) is 6.92 Å². The first-order valence-corrected chi connectivity index (χ1v) is 13.2. The van der Waals surface area contributed by atoms with E-state index in [9.17, 15) is 36.3 Å². The third kappa shape index (κ3) is 8.25. The minimum absolute atomic E-state index is 0.0558. The normalized spacial score (nSPS) is 17.4. The molecule has 3 rings (SSSR count). The van der Waals surface area contributed by atoms with Gasteiger partial charge in [-0.25, -0.2) is 13.8 Å². The number of H-pyrrole nitrogens is 1. The van der Waals surface area contributed by atoms with Crippen molar-refractivity contribution in [2.24, 2.45) is 5.92 Å². The van der Waals surface area contributed by atoms with Gasteiger partial charge >= 0.3 is 6.18 Å². The van der Waals surface area contributed by atoms with Gasteiger partial charge in [0.25, 0.3) is 0 Å². The van der Waals surface area contributed by atoms with E-state index in [-0.39, 0.29) is 42.4 Å². The van der Waals surface area contributed by atoms with Crippen LogP contribution in [-0.2, 0) is 14.4 Å². The molecule has 40 heavy (non-hydrogen) atoms. The number of nitrogens with zero attached hydrogens (tertiary/aromatic N) is 2. The molecule has 1 aliphatic heterocycles. The molecule has 0 bridgehead atoms. The van der Waals surface area contributed by atoms with Crippen molar-refractivity contribution < 1.29 is 36.3 Å². The Bertz CT molecular complexity index is 1200. The van der Waals surface area contributed by atoms with Gasteiger partial charge in [0.1, 0.15) is 29.5 Å². The number of aromatic amines is 1. The lowest BCUT2D eigenvalue weighted by atomic mass is 10.00. The van der Waals surface area contributed by atoms with Crippen molar-refractivity contribution in [3.05, 3.63) is 41.9 Å². The molecule has 1 fully saturated rings. The molecule has 0 spiro atoms. The Kier molecular flexibility index (Phi) is 10.3. The average molecular weight is 572 g/mol. The Morgan fingerprint density at radius 1 is 1.12 bits per heavy atom. The summed E-state index contributed by atoms with van der Waals surface area (Å²) in [6.45, 7) is 5.27. The second kappa shape index (κ2) is 13.2. The number of alkyl halides is 3. The van der Waals surface area contributed by atoms with Crippen LogP contribution in [0.15, 0.2) is 24.4 Å². The molecule has 2 unspecified atom stereocenters. The lowest BCUT2D eigenvalue weighted by Crippen LogP contribution is -2.55. The molecule has 1 aliphatic rings. The smallest absolute Gasteiger partial charge is 0.345 e. The molecule has 13 heteroatoms. The van der Waals surface area contributed by atoms with E-state index < -0.39 is 60.1 Å². The topological polar surface area (TPSA) is 107 Å². The Morgan fingerprint density at radius 2 is 1.85 bits per heavy atom. The monoisotopic (exact) mass is 571 g/mol. The lowest BCUT2D eigenvalue weighted by Gasteiger charge is -2.37. The van der Waals surface area contributed by atoms with Crippen molar-refractivity contribution >= 4 is 17.7 Å². The van der Waals surface area contributed by atoms with Crippen LogP contribution in [0.2, 0.25) is 0 Å². The summed E-state index contributed by atoms with van der Waals surface area (Å²) in [6.07, 6.45) is -2.86. The molecule has 0 saturated carbocycles. The maximum atomic E-state index is 14.2. The molecule has 8 nitrogen and oxygen atoms in total. The summed E-state index contributed by atoms with van der Waals surface area (Å²) >= 11 is 0. The van der Waals surface area contributed by atoms with Crippen LogP contribution in [0.5, 0.6) is 0 Å². The van der Waals surface area contributed by atoms with Gasteiger partial charge in [-0.3, -0.25) is 14.4 Å². The lowest BCUT2D eigenvalue weighted by molar-refractivity contribution is -0.196. The van der Waals surface area contributed by atoms with Gasteiger partial charge in [-0.2, -0.15) is 13.2 Å². The van der Waals surface area contributed by atoms with E-state index in [2.05, 4.69) is 20.6 Å². The van der Waals surface area contributed by atoms with Gasteiger partial charge < -0.3 is 20.5 Å². The van der Waals surface area contributed by atoms with E-state index in [1.165, 1.54) is 12.3 Å². The number of halogens is 5. The standard InChI is InChI=1S/C27H34F5N5O3/c1-15(2)7-10-23(38)35-20(13-24(39)37-11-5-4-6-22(37)27(30,31)32)26(40)34-16(3)25-33-14-21(36-25)18-9-8-17(28)12-19(18)29/h8-9,12,14-16,20,22H,4-7,10-11,13H2,1-3H3,(H,33,36)(H,34,40)(H,35,38)/t16?,20?,22-/m1/s1. The van der Waals surface area contributed by atoms with Gasteiger partial charge in [-0.15, -0.1) is 0 Å². The number of nitrogens with one attached hydrogen (secondary N) is 3. The van der Waals surface area contributed by atoms with Gasteiger partial charge in [0, 0.05) is 24.6 Å². The molecule has 3 N–H and O–H groups in total. The van der Waals surface area contributed by atoms with Crippen molar-refractivity contribution in [1.82, 2.24) is 25.5 Å². The van der Waals surface area contributed by atoms with Crippen LogP contribution in [0.4, 0.5) is 22.0 Å². The number of likely N-dealkylation sites (tertiary alicyclic amines) is 1. The van der Waals surface area contributed by atoms with Crippen molar-refractivity contribution in [1.29, 1.82) is 0 Å². The fourth-order valence-electron chi connectivity index (χ4n) is 4.54. The third-order valence-electron chi connectivity index (χ3n) is 6.77. The summed E-state index contributed by atoms with van der Waals surface area (Å²) in [6, 6.07) is -1.15. The summed E-state index contributed by atoms with van der Waals surface area (Å²) in [5.74, 6) is -3.34. The summed E-state index contributed by atoms with van der Waals surface area (Å²) in [7, 11) is 0. The highest BCUT2D eigenvalue weighted by atomic mass is 19.4. The molecule has 1 aromatic heterocycles. The number of amides is 3. The van der Waals surface area contributed by atoms with Crippen LogP contribution in [0, 0.1) is 17.6 Å². The van der Waals surface area contributed by atoms with Crippen LogP contribution in [-0.4, -0.2) is 57.4 Å². The fourth-order valence-corrected chi connectivity index (χ4v) is 4.54. The first kappa shape index (κ1) is 31.0. The molecular weight excluding hydrogens is 537 g/mol. The zero-order valence-electron chi connectivity index (χ0n) is 22.6. The number of carbonyl (C=O) groups excluding carboxylic acids is 3. The predicted octanol–water partition coefficient (Wildman–Crippen LogP) is 4.79. The first-order valence-electron chi connectivity index (χ1n) is 13.2. The Hall–Kier alpha value is -3.51. The second-order valence-corrected chi connectivity index (χ2v) is 10.4. The summed E-state index contributed by atoms with van der Waals surface area (Å²) in [4.78, 5) is 46.5. The van der Waals surface area contributed by atoms with E-state index >= 15 is 0 Å². The summed E-state index contributed by atoms with van der Waals surface area (Å²) in [5.41, 5.74) is 0.283. The maximum Gasteiger partial charge on any atom is 0.408 e. The molecule has 0 radical (unpaired) electrons. The maximum absolute atomic E-state index is 14.2. The van der Waals surface area contributed by atoms with Gasteiger partial charge in [-0.1, -0.05) is 13.8 Å². The Balaban J connectivity index is 1.75. The molecule has 1 aromatic carbocycles. The average Bonchev–Trinajstić information content (AvgIpc) is 3.36. The largest absolute Gasteiger partial charge is 0.408 e. The quantitative estimate of drug-likeness (QED) is 0.357. The van der Waals surface area contributed by atoms with E-state index in [1.807, 2.05) is 13.8 Å². The number of rotatable bonds is 10. The van der Waals surface area contributed by atoms with E-state index in [0.717, 1.165) is 17.0 Å². The van der Waals surface area contributed by atoms with Crippen molar-refractivity contribution in [3.8, 4) is 11.3 Å². The molecule has 220 valence electrons. The minimum Gasteiger partial charge on any atom is -0.345 e.